The Morgan fingerprint density at radius 3 is 2.48 bits per heavy atom. The number of nitrogens with one attached hydrogen (secondary N) is 1. The molecule has 2 heterocycles. The maximum absolute atomic E-state index is 4.99. The standard InChI is InChI=1S/C27H24BrN5/c1-17(2)30-24-15-27-25(14-23(24)31-20-11-8-18(3)29-16-20)32-22-6-4-5-7-26(22)33(27)21-12-9-19(28)10-13-21/h4-17,31H,1-3H3/b30-24+. The van der Waals surface area contributed by atoms with E-state index < -0.39 is 0 Å². The molecule has 0 atom stereocenters. The van der Waals surface area contributed by atoms with E-state index in [4.69, 9.17) is 9.98 Å². The Balaban J connectivity index is 1.80. The first-order valence-electron chi connectivity index (χ1n) is 10.9. The summed E-state index contributed by atoms with van der Waals surface area (Å²) in [5, 5.41) is 4.39. The molecule has 3 aromatic rings. The van der Waals surface area contributed by atoms with Gasteiger partial charge in [0.1, 0.15) is 0 Å². The lowest BCUT2D eigenvalue weighted by Crippen LogP contribution is -2.16. The average Bonchev–Trinajstić information content (AvgIpc) is 2.80. The topological polar surface area (TPSA) is 55.1 Å². The summed E-state index contributed by atoms with van der Waals surface area (Å²) in [4.78, 5) is 14.3. The first-order chi connectivity index (χ1) is 16.0. The van der Waals surface area contributed by atoms with Crippen LogP contribution in [0.15, 0.2) is 88.5 Å². The highest BCUT2D eigenvalue weighted by Crippen LogP contribution is 2.30. The van der Waals surface area contributed by atoms with E-state index >= 15 is 0 Å². The number of pyridine rings is 1. The van der Waals surface area contributed by atoms with Gasteiger partial charge in [-0.2, -0.15) is 0 Å². The van der Waals surface area contributed by atoms with E-state index in [1.54, 1.807) is 0 Å². The van der Waals surface area contributed by atoms with E-state index in [-0.39, 0.29) is 6.04 Å². The van der Waals surface area contributed by atoms with Crippen molar-refractivity contribution in [3.63, 3.8) is 0 Å². The summed E-state index contributed by atoms with van der Waals surface area (Å²) in [6, 6.07) is 24.9. The molecule has 0 spiro atoms. The lowest BCUT2D eigenvalue weighted by Gasteiger charge is -2.20. The van der Waals surface area contributed by atoms with Gasteiger partial charge in [-0.05, 0) is 81.4 Å². The third-order valence-corrected chi connectivity index (χ3v) is 5.90. The molecule has 0 radical (unpaired) electrons. The summed E-state index contributed by atoms with van der Waals surface area (Å²) < 4.78 is 3.30. The monoisotopic (exact) mass is 497 g/mol. The summed E-state index contributed by atoms with van der Waals surface area (Å²) in [6.45, 7) is 6.15. The maximum Gasteiger partial charge on any atom is 0.0900 e. The zero-order valence-corrected chi connectivity index (χ0v) is 20.3. The summed E-state index contributed by atoms with van der Waals surface area (Å²) in [5.41, 5.74) is 7.75. The molecule has 1 N–H and O–H groups in total. The number of fused-ring (bicyclic) bond motifs is 2. The fourth-order valence-electron chi connectivity index (χ4n) is 3.89. The SMILES string of the molecule is Cc1ccc(Nc2cc3nc4ccccc4n(-c4ccc(Br)cc4)c-3c/c2=N\C(C)C)cn1. The number of hydrogen-bond donors (Lipinski definition) is 1. The van der Waals surface area contributed by atoms with Crippen molar-refractivity contribution in [3.8, 4) is 17.1 Å². The van der Waals surface area contributed by atoms with Crippen LogP contribution in [0.25, 0.3) is 28.1 Å². The minimum atomic E-state index is 0.147. The molecule has 0 unspecified atom stereocenters. The van der Waals surface area contributed by atoms with E-state index in [0.717, 1.165) is 55.0 Å². The first kappa shape index (κ1) is 21.3. The smallest absolute Gasteiger partial charge is 0.0900 e. The Kier molecular flexibility index (Phi) is 5.68. The van der Waals surface area contributed by atoms with E-state index in [2.05, 4.69) is 87.1 Å². The van der Waals surface area contributed by atoms with Gasteiger partial charge in [0.15, 0.2) is 0 Å². The predicted molar refractivity (Wildman–Crippen MR) is 138 cm³/mol. The minimum Gasteiger partial charge on any atom is -0.352 e. The molecule has 2 aromatic carbocycles. The van der Waals surface area contributed by atoms with Crippen LogP contribution in [0, 0.1) is 6.92 Å². The van der Waals surface area contributed by atoms with Gasteiger partial charge < -0.3 is 9.88 Å². The quantitative estimate of drug-likeness (QED) is 0.282. The largest absolute Gasteiger partial charge is 0.352 e. The van der Waals surface area contributed by atoms with Crippen LogP contribution in [0.5, 0.6) is 0 Å². The number of aryl methyl sites for hydroxylation is 1. The number of nitrogens with zero attached hydrogens (tertiary/aromatic N) is 4. The number of rotatable bonds is 4. The normalized spacial score (nSPS) is 12.1. The van der Waals surface area contributed by atoms with Gasteiger partial charge >= 0.3 is 0 Å². The van der Waals surface area contributed by atoms with Gasteiger partial charge in [0.2, 0.25) is 0 Å². The highest BCUT2D eigenvalue weighted by molar-refractivity contribution is 9.10. The molecule has 1 aliphatic heterocycles. The Morgan fingerprint density at radius 2 is 1.76 bits per heavy atom. The lowest BCUT2D eigenvalue weighted by atomic mass is 10.1. The van der Waals surface area contributed by atoms with E-state index in [1.165, 1.54) is 0 Å². The fraction of sp³-hybridized carbons (Fsp3) is 0.148. The molecule has 1 aliphatic carbocycles. The van der Waals surface area contributed by atoms with Crippen LogP contribution in [0.1, 0.15) is 19.5 Å². The second-order valence-electron chi connectivity index (χ2n) is 8.31. The third-order valence-electron chi connectivity index (χ3n) is 5.37. The van der Waals surface area contributed by atoms with Crippen molar-refractivity contribution < 1.29 is 0 Å². The third kappa shape index (κ3) is 4.39. The van der Waals surface area contributed by atoms with Crippen molar-refractivity contribution in [2.75, 3.05) is 5.32 Å². The van der Waals surface area contributed by atoms with Gasteiger partial charge in [-0.1, -0.05) is 28.1 Å². The second kappa shape index (κ2) is 8.79. The van der Waals surface area contributed by atoms with E-state index in [9.17, 15) is 0 Å². The minimum absolute atomic E-state index is 0.147. The molecule has 0 fully saturated rings. The summed E-state index contributed by atoms with van der Waals surface area (Å²) in [6.07, 6.45) is 1.84. The van der Waals surface area contributed by atoms with Crippen molar-refractivity contribution in [1.82, 2.24) is 14.5 Å². The van der Waals surface area contributed by atoms with Gasteiger partial charge in [0.05, 0.1) is 45.4 Å². The Labute approximate surface area is 201 Å². The molecule has 0 amide bonds. The zero-order chi connectivity index (χ0) is 22.9. The van der Waals surface area contributed by atoms with Gasteiger partial charge in [-0.3, -0.25) is 9.98 Å². The molecular formula is C27H24BrN5. The maximum atomic E-state index is 4.99. The number of benzene rings is 3. The van der Waals surface area contributed by atoms with Gasteiger partial charge in [0, 0.05) is 21.9 Å². The van der Waals surface area contributed by atoms with Crippen LogP contribution in [-0.2, 0) is 0 Å². The first-order valence-corrected chi connectivity index (χ1v) is 11.7. The fourth-order valence-corrected chi connectivity index (χ4v) is 4.16. The van der Waals surface area contributed by atoms with Gasteiger partial charge in [0.25, 0.3) is 0 Å². The van der Waals surface area contributed by atoms with E-state index in [1.807, 2.05) is 43.5 Å². The van der Waals surface area contributed by atoms with Crippen molar-refractivity contribution in [1.29, 1.82) is 0 Å². The molecule has 164 valence electrons. The average molecular weight is 498 g/mol. The van der Waals surface area contributed by atoms with Gasteiger partial charge in [-0.15, -0.1) is 0 Å². The predicted octanol–water partition coefficient (Wildman–Crippen LogP) is 6.65. The molecule has 0 bridgehead atoms. The zero-order valence-electron chi connectivity index (χ0n) is 18.7. The highest BCUT2D eigenvalue weighted by atomic mass is 79.9. The number of aromatic nitrogens is 3. The number of para-hydroxylation sites is 2. The van der Waals surface area contributed by atoms with Crippen molar-refractivity contribution in [3.05, 3.63) is 94.5 Å². The molecule has 0 saturated carbocycles. The lowest BCUT2D eigenvalue weighted by molar-refractivity contribution is 0.806. The van der Waals surface area contributed by atoms with E-state index in [0.29, 0.717) is 0 Å². The summed E-state index contributed by atoms with van der Waals surface area (Å²) >= 11 is 3.55. The Morgan fingerprint density at radius 1 is 0.970 bits per heavy atom. The number of hydrogen-bond acceptors (Lipinski definition) is 4. The molecular weight excluding hydrogens is 474 g/mol. The van der Waals surface area contributed by atoms with Crippen LogP contribution in [-0.4, -0.2) is 20.6 Å². The summed E-state index contributed by atoms with van der Waals surface area (Å²) in [5.74, 6) is 0. The van der Waals surface area contributed by atoms with Crippen LogP contribution in [0.2, 0.25) is 0 Å². The van der Waals surface area contributed by atoms with Crippen molar-refractivity contribution in [2.45, 2.75) is 26.8 Å². The van der Waals surface area contributed by atoms with Crippen LogP contribution in [0.4, 0.5) is 11.4 Å². The second-order valence-corrected chi connectivity index (χ2v) is 9.22. The molecule has 2 aliphatic rings. The molecule has 5 nitrogen and oxygen atoms in total. The summed E-state index contributed by atoms with van der Waals surface area (Å²) in [7, 11) is 0. The van der Waals surface area contributed by atoms with Crippen LogP contribution >= 0.6 is 15.9 Å². The molecule has 33 heavy (non-hydrogen) atoms. The molecule has 1 aromatic heterocycles. The number of anilines is 2. The molecule has 5 rings (SSSR count). The highest BCUT2D eigenvalue weighted by Gasteiger charge is 2.16. The molecule has 6 heteroatoms. The van der Waals surface area contributed by atoms with Gasteiger partial charge in [-0.25, -0.2) is 4.98 Å². The molecule has 0 saturated heterocycles. The van der Waals surface area contributed by atoms with Crippen molar-refractivity contribution in [2.24, 2.45) is 4.99 Å². The number of halogens is 1. The van der Waals surface area contributed by atoms with Crippen LogP contribution in [0.3, 0.4) is 0 Å². The van der Waals surface area contributed by atoms with Crippen LogP contribution < -0.4 is 10.7 Å². The van der Waals surface area contributed by atoms with Crippen molar-refractivity contribution >= 4 is 38.3 Å². The Hall–Kier alpha value is -3.51. The Bertz CT molecular complexity index is 1470.